The van der Waals surface area contributed by atoms with Crippen LogP contribution in [-0.2, 0) is 0 Å². The van der Waals surface area contributed by atoms with Crippen LogP contribution in [0.5, 0.6) is 5.88 Å². The van der Waals surface area contributed by atoms with Gasteiger partial charge >= 0.3 is 0 Å². The van der Waals surface area contributed by atoms with E-state index >= 15 is 0 Å². The van der Waals surface area contributed by atoms with Crippen LogP contribution in [0.4, 0.5) is 5.69 Å². The molecule has 0 N–H and O–H groups in total. The molecule has 0 unspecified atom stereocenters. The lowest BCUT2D eigenvalue weighted by molar-refractivity contribution is 0.398. The van der Waals surface area contributed by atoms with E-state index in [1.165, 1.54) is 5.69 Å². The zero-order valence-electron chi connectivity index (χ0n) is 11.3. The summed E-state index contributed by atoms with van der Waals surface area (Å²) in [5, 5.41) is 0. The second-order valence-corrected chi connectivity index (χ2v) is 5.12. The van der Waals surface area contributed by atoms with E-state index in [0.29, 0.717) is 5.88 Å². The second kappa shape index (κ2) is 4.78. The topological polar surface area (TPSA) is 22.1 Å². The number of aromatic nitrogens is 1. The summed E-state index contributed by atoms with van der Waals surface area (Å²) >= 11 is 0. The van der Waals surface area contributed by atoms with Crippen molar-refractivity contribution in [2.75, 3.05) is 28.3 Å². The number of ether oxygens (including phenoxy) is 1. The highest BCUT2D eigenvalue weighted by Gasteiger charge is 2.11. The number of hydrogen-bond donors (Lipinski definition) is 0. The van der Waals surface area contributed by atoms with Gasteiger partial charge in [-0.25, -0.2) is 4.98 Å². The molecular weight excluding hydrogens is 224 g/mol. The van der Waals surface area contributed by atoms with Crippen molar-refractivity contribution in [3.63, 3.8) is 0 Å². The number of pyridine rings is 1. The molecule has 1 aromatic carbocycles. The monoisotopic (exact) mass is 243 g/mol. The largest absolute Gasteiger partial charge is 0.481 e. The molecule has 0 aliphatic heterocycles. The van der Waals surface area contributed by atoms with Crippen molar-refractivity contribution in [3.8, 4) is 17.1 Å². The summed E-state index contributed by atoms with van der Waals surface area (Å²) in [6, 6.07) is 14.3. The lowest BCUT2D eigenvalue weighted by atomic mass is 10.1. The molecule has 0 fully saturated rings. The molecule has 0 aliphatic rings. The van der Waals surface area contributed by atoms with Crippen LogP contribution in [0.2, 0.25) is 0 Å². The van der Waals surface area contributed by atoms with Crippen molar-refractivity contribution in [1.29, 1.82) is 0 Å². The molecule has 18 heavy (non-hydrogen) atoms. The van der Waals surface area contributed by atoms with E-state index in [0.717, 1.165) is 15.7 Å². The van der Waals surface area contributed by atoms with Crippen LogP contribution < -0.4 is 9.22 Å². The van der Waals surface area contributed by atoms with E-state index in [4.69, 9.17) is 4.74 Å². The molecule has 94 valence electrons. The lowest BCUT2D eigenvalue weighted by Crippen LogP contribution is -2.34. The molecule has 1 heterocycles. The highest BCUT2D eigenvalue weighted by Crippen LogP contribution is 2.24. The van der Waals surface area contributed by atoms with Crippen molar-refractivity contribution in [2.24, 2.45) is 0 Å². The SMILES string of the molecule is COc1cccc(-c2ccc([N+](C)(C)C)cc2)n1. The van der Waals surface area contributed by atoms with Crippen molar-refractivity contribution in [1.82, 2.24) is 9.47 Å². The van der Waals surface area contributed by atoms with Gasteiger partial charge in [0.2, 0.25) is 5.88 Å². The standard InChI is InChI=1S/C15H19N2O/c1-17(2,3)13-10-8-12(9-11-13)14-6-5-7-15(16-14)18-4/h5-11H,1-4H3/q+1. The van der Waals surface area contributed by atoms with E-state index in [1.807, 2.05) is 18.2 Å². The van der Waals surface area contributed by atoms with Crippen LogP contribution in [0.1, 0.15) is 0 Å². The van der Waals surface area contributed by atoms with Gasteiger partial charge in [-0.05, 0) is 30.3 Å². The Hall–Kier alpha value is -1.87. The minimum atomic E-state index is 0.642. The van der Waals surface area contributed by atoms with E-state index in [2.05, 4.69) is 50.4 Å². The van der Waals surface area contributed by atoms with Gasteiger partial charge in [0, 0.05) is 11.6 Å². The summed E-state index contributed by atoms with van der Waals surface area (Å²) in [6.45, 7) is 0. The molecule has 0 spiro atoms. The molecule has 0 saturated heterocycles. The maximum absolute atomic E-state index is 5.14. The van der Waals surface area contributed by atoms with Gasteiger partial charge in [0.25, 0.3) is 0 Å². The minimum Gasteiger partial charge on any atom is -0.481 e. The van der Waals surface area contributed by atoms with Crippen LogP contribution in [0.3, 0.4) is 0 Å². The van der Waals surface area contributed by atoms with Crippen molar-refractivity contribution in [3.05, 3.63) is 42.5 Å². The lowest BCUT2D eigenvalue weighted by Gasteiger charge is -2.23. The molecule has 0 amide bonds. The van der Waals surface area contributed by atoms with Gasteiger partial charge in [-0.3, -0.25) is 4.48 Å². The molecule has 2 aromatic rings. The molecule has 3 heteroatoms. The number of rotatable bonds is 3. The Labute approximate surface area is 108 Å². The Bertz CT molecular complexity index is 527. The van der Waals surface area contributed by atoms with Crippen molar-refractivity contribution in [2.45, 2.75) is 0 Å². The highest BCUT2D eigenvalue weighted by atomic mass is 16.5. The van der Waals surface area contributed by atoms with Crippen LogP contribution in [0, 0.1) is 0 Å². The van der Waals surface area contributed by atoms with Gasteiger partial charge in [-0.1, -0.05) is 6.07 Å². The fourth-order valence-electron chi connectivity index (χ4n) is 1.77. The van der Waals surface area contributed by atoms with Crippen molar-refractivity contribution < 1.29 is 4.74 Å². The smallest absolute Gasteiger partial charge is 0.213 e. The normalized spacial score (nSPS) is 11.3. The first-order valence-corrected chi connectivity index (χ1v) is 5.94. The van der Waals surface area contributed by atoms with Gasteiger partial charge in [0.05, 0.1) is 33.9 Å². The summed E-state index contributed by atoms with van der Waals surface area (Å²) < 4.78 is 5.95. The highest BCUT2D eigenvalue weighted by molar-refractivity contribution is 5.62. The summed E-state index contributed by atoms with van der Waals surface area (Å²) in [7, 11) is 8.09. The van der Waals surface area contributed by atoms with Gasteiger partial charge in [-0.2, -0.15) is 0 Å². The number of methoxy groups -OCH3 is 1. The zero-order valence-corrected chi connectivity index (χ0v) is 11.3. The Balaban J connectivity index is 2.34. The average Bonchev–Trinajstić information content (AvgIpc) is 2.38. The molecule has 2 rings (SSSR count). The summed E-state index contributed by atoms with van der Waals surface area (Å²) in [6.07, 6.45) is 0. The Morgan fingerprint density at radius 3 is 2.17 bits per heavy atom. The van der Waals surface area contributed by atoms with E-state index in [1.54, 1.807) is 7.11 Å². The van der Waals surface area contributed by atoms with Crippen LogP contribution >= 0.6 is 0 Å². The maximum Gasteiger partial charge on any atom is 0.213 e. The molecule has 0 bridgehead atoms. The number of nitrogens with zero attached hydrogens (tertiary/aromatic N) is 2. The van der Waals surface area contributed by atoms with Gasteiger partial charge in [0.15, 0.2) is 0 Å². The third kappa shape index (κ3) is 2.68. The third-order valence-electron chi connectivity index (χ3n) is 2.87. The van der Waals surface area contributed by atoms with Gasteiger partial charge in [0.1, 0.15) is 5.69 Å². The fourth-order valence-corrected chi connectivity index (χ4v) is 1.77. The minimum absolute atomic E-state index is 0.642. The molecule has 0 saturated carbocycles. The molecule has 0 radical (unpaired) electrons. The molecule has 0 aliphatic carbocycles. The van der Waals surface area contributed by atoms with Gasteiger partial charge < -0.3 is 4.74 Å². The summed E-state index contributed by atoms with van der Waals surface area (Å²) in [5.41, 5.74) is 3.30. The summed E-state index contributed by atoms with van der Waals surface area (Å²) in [5.74, 6) is 0.642. The van der Waals surface area contributed by atoms with Crippen LogP contribution in [-0.4, -0.2) is 33.2 Å². The molecule has 1 aromatic heterocycles. The van der Waals surface area contributed by atoms with E-state index < -0.39 is 0 Å². The first-order chi connectivity index (χ1) is 8.50. The zero-order chi connectivity index (χ0) is 13.2. The van der Waals surface area contributed by atoms with Gasteiger partial charge in [-0.15, -0.1) is 0 Å². The maximum atomic E-state index is 5.14. The van der Waals surface area contributed by atoms with Crippen molar-refractivity contribution >= 4 is 5.69 Å². The predicted molar refractivity (Wildman–Crippen MR) is 75.8 cm³/mol. The van der Waals surface area contributed by atoms with E-state index in [-0.39, 0.29) is 0 Å². The van der Waals surface area contributed by atoms with Crippen LogP contribution in [0.25, 0.3) is 11.3 Å². The molecular formula is C15H19N2O+. The Morgan fingerprint density at radius 1 is 0.944 bits per heavy atom. The predicted octanol–water partition coefficient (Wildman–Crippen LogP) is 2.95. The third-order valence-corrected chi connectivity index (χ3v) is 2.87. The molecule has 0 atom stereocenters. The Morgan fingerprint density at radius 2 is 1.61 bits per heavy atom. The Kier molecular flexibility index (Phi) is 3.34. The average molecular weight is 243 g/mol. The van der Waals surface area contributed by atoms with E-state index in [9.17, 15) is 0 Å². The molecule has 3 nitrogen and oxygen atoms in total. The number of quaternary nitrogens is 1. The first kappa shape index (κ1) is 12.6. The number of benzene rings is 1. The summed E-state index contributed by atoms with van der Waals surface area (Å²) in [4.78, 5) is 4.43. The second-order valence-electron chi connectivity index (χ2n) is 5.12. The van der Waals surface area contributed by atoms with Crippen LogP contribution in [0.15, 0.2) is 42.5 Å². The number of hydrogen-bond acceptors (Lipinski definition) is 2. The first-order valence-electron chi connectivity index (χ1n) is 5.94. The quantitative estimate of drug-likeness (QED) is 0.773. The fraction of sp³-hybridized carbons (Fsp3) is 0.267.